The molecule has 16 heteroatoms. The maximum atomic E-state index is 16.3. The molecule has 308 valence electrons. The lowest BCUT2D eigenvalue weighted by molar-refractivity contribution is -0.254. The molecular formula is C41H42F6O8S2. The summed E-state index contributed by atoms with van der Waals surface area (Å²) in [4.78, 5) is 1.21. The van der Waals surface area contributed by atoms with Crippen LogP contribution >= 0.6 is 22.7 Å². The highest BCUT2D eigenvalue weighted by Crippen LogP contribution is 2.67. The van der Waals surface area contributed by atoms with Crippen LogP contribution in [0.25, 0.3) is 32.0 Å². The zero-order valence-corrected chi connectivity index (χ0v) is 33.4. The number of alkyl halides is 6. The van der Waals surface area contributed by atoms with Gasteiger partial charge in [0.1, 0.15) is 26.4 Å². The van der Waals surface area contributed by atoms with Gasteiger partial charge in [-0.3, -0.25) is 0 Å². The van der Waals surface area contributed by atoms with E-state index in [0.717, 1.165) is 22.7 Å². The molecule has 0 saturated carbocycles. The molecule has 0 unspecified atom stereocenters. The van der Waals surface area contributed by atoms with E-state index in [1.165, 1.54) is 27.7 Å². The Morgan fingerprint density at radius 3 is 1.11 bits per heavy atom. The second-order valence-corrected chi connectivity index (χ2v) is 16.1. The Morgan fingerprint density at radius 2 is 0.754 bits per heavy atom. The van der Waals surface area contributed by atoms with Crippen molar-refractivity contribution >= 4 is 33.8 Å². The molecule has 0 saturated heterocycles. The van der Waals surface area contributed by atoms with Crippen LogP contribution in [-0.4, -0.2) is 97.1 Å². The topological polar surface area (TPSA) is 73.8 Å². The van der Waals surface area contributed by atoms with Crippen molar-refractivity contribution in [2.45, 2.75) is 45.5 Å². The molecule has 0 bridgehead atoms. The average molecular weight is 841 g/mol. The van der Waals surface area contributed by atoms with Crippen LogP contribution in [0.3, 0.4) is 0 Å². The average Bonchev–Trinajstić information content (AvgIpc) is 3.65. The number of fused-ring (bicyclic) bond motifs is 2. The zero-order valence-electron chi connectivity index (χ0n) is 31.8. The first-order valence-electron chi connectivity index (χ1n) is 18.5. The number of allylic oxidation sites excluding steroid dienone is 2. The van der Waals surface area contributed by atoms with Gasteiger partial charge in [-0.1, -0.05) is 0 Å². The van der Waals surface area contributed by atoms with Gasteiger partial charge >= 0.3 is 17.8 Å². The van der Waals surface area contributed by atoms with Crippen LogP contribution in [0, 0.1) is 27.7 Å². The third-order valence-corrected chi connectivity index (χ3v) is 12.4. The largest absolute Gasteiger partial charge is 0.487 e. The van der Waals surface area contributed by atoms with Gasteiger partial charge in [0.25, 0.3) is 0 Å². The molecular weight excluding hydrogens is 799 g/mol. The Bertz CT molecular complexity index is 1980. The minimum Gasteiger partial charge on any atom is -0.487 e. The first-order chi connectivity index (χ1) is 27.3. The summed E-state index contributed by atoms with van der Waals surface area (Å²) < 4.78 is 142. The fourth-order valence-electron chi connectivity index (χ4n) is 7.23. The molecule has 0 N–H and O–H groups in total. The Morgan fingerprint density at radius 1 is 0.439 bits per heavy atom. The lowest BCUT2D eigenvalue weighted by atomic mass is 9.89. The van der Waals surface area contributed by atoms with Crippen LogP contribution in [-0.2, 0) is 18.9 Å². The quantitative estimate of drug-likeness (QED) is 0.188. The summed E-state index contributed by atoms with van der Waals surface area (Å²) in [6.45, 7) is 9.46. The van der Waals surface area contributed by atoms with E-state index >= 15 is 26.3 Å². The van der Waals surface area contributed by atoms with Crippen LogP contribution < -0.4 is 18.9 Å². The van der Waals surface area contributed by atoms with Crippen LogP contribution in [0.2, 0.25) is 0 Å². The van der Waals surface area contributed by atoms with Crippen molar-refractivity contribution in [1.82, 2.24) is 0 Å². The zero-order chi connectivity index (χ0) is 40.5. The van der Waals surface area contributed by atoms with E-state index in [2.05, 4.69) is 0 Å². The molecule has 4 heterocycles. The summed E-state index contributed by atoms with van der Waals surface area (Å²) in [5.41, 5.74) is -2.13. The second kappa shape index (κ2) is 16.8. The Kier molecular flexibility index (Phi) is 12.2. The number of benzene rings is 2. The molecule has 2 aliphatic heterocycles. The predicted molar refractivity (Wildman–Crippen MR) is 205 cm³/mol. The second-order valence-electron chi connectivity index (χ2n) is 13.6. The number of rotatable bonds is 4. The van der Waals surface area contributed by atoms with Crippen molar-refractivity contribution in [3.05, 3.63) is 68.4 Å². The van der Waals surface area contributed by atoms with Crippen molar-refractivity contribution in [3.8, 4) is 43.9 Å². The highest BCUT2D eigenvalue weighted by atomic mass is 32.1. The molecule has 8 nitrogen and oxygen atoms in total. The van der Waals surface area contributed by atoms with Gasteiger partial charge in [-0.2, -0.15) is 26.3 Å². The maximum absolute atomic E-state index is 16.3. The van der Waals surface area contributed by atoms with E-state index in [-0.39, 0.29) is 71.6 Å². The van der Waals surface area contributed by atoms with Crippen LogP contribution in [0.15, 0.2) is 36.4 Å². The normalized spacial score (nSPS) is 20.2. The molecule has 57 heavy (non-hydrogen) atoms. The molecule has 3 aliphatic rings. The number of thiophene rings is 2. The smallest absolute Gasteiger partial charge is 0.380 e. The predicted octanol–water partition coefficient (Wildman–Crippen LogP) is 9.82. The summed E-state index contributed by atoms with van der Waals surface area (Å²) in [5, 5.41) is 0. The summed E-state index contributed by atoms with van der Waals surface area (Å²) in [5.74, 6) is -14.7. The fourth-order valence-corrected chi connectivity index (χ4v) is 9.56. The van der Waals surface area contributed by atoms with Gasteiger partial charge in [-0.15, -0.1) is 22.7 Å². The Hall–Kier alpha value is -3.80. The van der Waals surface area contributed by atoms with Gasteiger partial charge in [0.2, 0.25) is 0 Å². The Balaban J connectivity index is 1.33. The van der Waals surface area contributed by atoms with Crippen molar-refractivity contribution in [1.29, 1.82) is 0 Å². The number of hydrogen-bond donors (Lipinski definition) is 0. The Labute approximate surface area is 334 Å². The molecule has 4 aromatic rings. The number of ether oxygens (including phenoxy) is 8. The van der Waals surface area contributed by atoms with Gasteiger partial charge in [-0.25, -0.2) is 0 Å². The molecule has 0 amide bonds. The van der Waals surface area contributed by atoms with Crippen LogP contribution in [0.5, 0.6) is 23.0 Å². The molecule has 1 aliphatic carbocycles. The molecule has 2 aromatic carbocycles. The standard InChI is InChI=1S/C41H42F6O8S2/c1-23-33(25(3)56-37(23)27-5-7-29-31(21-27)54-19-15-50-11-9-48-13-17-52-29)35-36(40(44,45)41(46,47)39(35,42)43)34-24(2)38(57-26(34)4)28-6-8-30-32(22-28)55-20-16-51-12-10-49-14-18-53-30/h5-8,21-22H,9-20H2,1-4H3. The van der Waals surface area contributed by atoms with E-state index in [0.29, 0.717) is 83.5 Å². The monoisotopic (exact) mass is 840 g/mol. The third-order valence-electron chi connectivity index (χ3n) is 9.91. The van der Waals surface area contributed by atoms with E-state index in [1.807, 2.05) is 0 Å². The van der Waals surface area contributed by atoms with E-state index in [4.69, 9.17) is 37.9 Å². The van der Waals surface area contributed by atoms with Crippen LogP contribution in [0.1, 0.15) is 32.0 Å². The molecule has 2 aromatic heterocycles. The fraction of sp³-hybridized carbons (Fsp3) is 0.463. The molecule has 0 atom stereocenters. The van der Waals surface area contributed by atoms with E-state index in [9.17, 15) is 0 Å². The first-order valence-corrected chi connectivity index (χ1v) is 20.1. The van der Waals surface area contributed by atoms with E-state index < -0.39 is 28.9 Å². The lowest BCUT2D eigenvalue weighted by Crippen LogP contribution is -2.49. The number of halogens is 6. The molecule has 7 rings (SSSR count). The van der Waals surface area contributed by atoms with E-state index in [1.54, 1.807) is 36.4 Å². The maximum Gasteiger partial charge on any atom is 0.380 e. The van der Waals surface area contributed by atoms with Gasteiger partial charge in [0.15, 0.2) is 23.0 Å². The number of hydrogen-bond acceptors (Lipinski definition) is 10. The molecule has 0 fully saturated rings. The summed E-state index contributed by atoms with van der Waals surface area (Å²) >= 11 is 2.09. The van der Waals surface area contributed by atoms with Gasteiger partial charge in [0, 0.05) is 41.8 Å². The summed E-state index contributed by atoms with van der Waals surface area (Å²) in [6.07, 6.45) is 0. The summed E-state index contributed by atoms with van der Waals surface area (Å²) in [6, 6.07) is 9.97. The minimum atomic E-state index is -5.73. The SMILES string of the molecule is Cc1sc(-c2ccc3c(c2)OCCOCCOCCO3)c(C)c1C1=C(c2c(C)sc(-c3ccc4c(c3)OCCOCCOCCO4)c2C)C(F)(F)C(F)(F)C1(F)F. The van der Waals surface area contributed by atoms with Crippen molar-refractivity contribution < 1.29 is 64.2 Å². The number of aryl methyl sites for hydroxylation is 2. The van der Waals surface area contributed by atoms with Crippen molar-refractivity contribution in [2.24, 2.45) is 0 Å². The highest BCUT2D eigenvalue weighted by molar-refractivity contribution is 7.16. The summed E-state index contributed by atoms with van der Waals surface area (Å²) in [7, 11) is 0. The molecule has 0 spiro atoms. The van der Waals surface area contributed by atoms with Gasteiger partial charge in [0.05, 0.1) is 52.9 Å². The van der Waals surface area contributed by atoms with Gasteiger partial charge < -0.3 is 37.9 Å². The van der Waals surface area contributed by atoms with Crippen LogP contribution in [0.4, 0.5) is 26.3 Å². The third kappa shape index (κ3) is 7.76. The van der Waals surface area contributed by atoms with Gasteiger partial charge in [-0.05, 0) is 86.3 Å². The minimum absolute atomic E-state index is 0.154. The van der Waals surface area contributed by atoms with Crippen molar-refractivity contribution in [2.75, 3.05) is 79.3 Å². The first kappa shape index (κ1) is 41.4. The molecule has 0 radical (unpaired) electrons. The van der Waals surface area contributed by atoms with Crippen molar-refractivity contribution in [3.63, 3.8) is 0 Å². The lowest BCUT2D eigenvalue weighted by Gasteiger charge is -2.26. The highest BCUT2D eigenvalue weighted by Gasteiger charge is 2.80.